The summed E-state index contributed by atoms with van der Waals surface area (Å²) in [5.74, 6) is -0.132. The number of hydrogen-bond acceptors (Lipinski definition) is 5. The van der Waals surface area contributed by atoms with Gasteiger partial charge >= 0.3 is 0 Å². The SMILES string of the molecule is O=C(Cn1cc(S(=O)(=O)Cc2ccccc2)c2ccccc21)Nc1ccon1. The van der Waals surface area contributed by atoms with Gasteiger partial charge in [-0.1, -0.05) is 53.7 Å². The summed E-state index contributed by atoms with van der Waals surface area (Å²) in [7, 11) is -3.58. The predicted octanol–water partition coefficient (Wildman–Crippen LogP) is 3.24. The van der Waals surface area contributed by atoms with Crippen LogP contribution >= 0.6 is 0 Å². The number of benzene rings is 2. The largest absolute Gasteiger partial charge is 0.363 e. The van der Waals surface area contributed by atoms with Gasteiger partial charge in [0, 0.05) is 23.2 Å². The number of sulfone groups is 1. The Bertz CT molecular complexity index is 1210. The third-order valence-corrected chi connectivity index (χ3v) is 6.01. The molecule has 0 unspecified atom stereocenters. The second kappa shape index (κ2) is 7.32. The number of rotatable bonds is 6. The number of hydrogen-bond donors (Lipinski definition) is 1. The Balaban J connectivity index is 1.67. The lowest BCUT2D eigenvalue weighted by Crippen LogP contribution is -2.18. The summed E-state index contributed by atoms with van der Waals surface area (Å²) in [6.07, 6.45) is 2.88. The summed E-state index contributed by atoms with van der Waals surface area (Å²) in [5.41, 5.74) is 1.38. The van der Waals surface area contributed by atoms with E-state index in [1.165, 1.54) is 18.5 Å². The number of fused-ring (bicyclic) bond motifs is 1. The predicted molar refractivity (Wildman–Crippen MR) is 104 cm³/mol. The molecule has 0 fully saturated rings. The third-order valence-electron chi connectivity index (χ3n) is 4.31. The van der Waals surface area contributed by atoms with Crippen LogP contribution in [0, 0.1) is 0 Å². The van der Waals surface area contributed by atoms with Gasteiger partial charge in [-0.3, -0.25) is 4.79 Å². The van der Waals surface area contributed by atoms with Gasteiger partial charge in [0.15, 0.2) is 15.7 Å². The zero-order chi connectivity index (χ0) is 19.6. The monoisotopic (exact) mass is 395 g/mol. The Morgan fingerprint density at radius 1 is 1.04 bits per heavy atom. The molecule has 0 aliphatic rings. The molecule has 1 N–H and O–H groups in total. The molecule has 1 amide bonds. The minimum absolute atomic E-state index is 0.0474. The Morgan fingerprint density at radius 3 is 2.54 bits per heavy atom. The first kappa shape index (κ1) is 18.0. The van der Waals surface area contributed by atoms with E-state index in [1.807, 2.05) is 24.3 Å². The maximum atomic E-state index is 13.0. The van der Waals surface area contributed by atoms with Crippen molar-refractivity contribution in [3.63, 3.8) is 0 Å². The summed E-state index contributed by atoms with van der Waals surface area (Å²) in [6, 6.07) is 17.7. The van der Waals surface area contributed by atoms with Crippen LogP contribution in [0.2, 0.25) is 0 Å². The van der Waals surface area contributed by atoms with E-state index in [0.29, 0.717) is 22.3 Å². The zero-order valence-electron chi connectivity index (χ0n) is 14.8. The van der Waals surface area contributed by atoms with E-state index in [-0.39, 0.29) is 23.1 Å². The number of nitrogens with zero attached hydrogens (tertiary/aromatic N) is 2. The van der Waals surface area contributed by atoms with E-state index < -0.39 is 9.84 Å². The molecule has 8 heteroatoms. The quantitative estimate of drug-likeness (QED) is 0.541. The van der Waals surface area contributed by atoms with E-state index in [9.17, 15) is 13.2 Å². The minimum Gasteiger partial charge on any atom is -0.363 e. The van der Waals surface area contributed by atoms with Gasteiger partial charge in [-0.05, 0) is 11.6 Å². The van der Waals surface area contributed by atoms with Crippen molar-refractivity contribution in [2.45, 2.75) is 17.2 Å². The zero-order valence-corrected chi connectivity index (χ0v) is 15.6. The van der Waals surface area contributed by atoms with Crippen molar-refractivity contribution in [2.24, 2.45) is 0 Å². The molecule has 2 aromatic heterocycles. The molecule has 2 aromatic carbocycles. The highest BCUT2D eigenvalue weighted by Gasteiger charge is 2.22. The summed E-state index contributed by atoms with van der Waals surface area (Å²) in [4.78, 5) is 12.5. The first-order valence-electron chi connectivity index (χ1n) is 8.58. The average Bonchev–Trinajstić information content (AvgIpc) is 3.31. The smallest absolute Gasteiger partial charge is 0.245 e. The van der Waals surface area contributed by atoms with Gasteiger partial charge in [0.1, 0.15) is 12.8 Å². The molecular formula is C20H17N3O4S. The van der Waals surface area contributed by atoms with Gasteiger partial charge in [0.2, 0.25) is 5.91 Å². The second-order valence-corrected chi connectivity index (χ2v) is 8.27. The van der Waals surface area contributed by atoms with Crippen molar-refractivity contribution >= 4 is 32.5 Å². The molecule has 0 spiro atoms. The maximum Gasteiger partial charge on any atom is 0.245 e. The summed E-state index contributed by atoms with van der Waals surface area (Å²) in [5, 5.41) is 6.84. The van der Waals surface area contributed by atoms with E-state index >= 15 is 0 Å². The molecule has 4 rings (SSSR count). The molecule has 0 bridgehead atoms. The van der Waals surface area contributed by atoms with Crippen LogP contribution in [0.1, 0.15) is 5.56 Å². The molecule has 0 aliphatic carbocycles. The molecular weight excluding hydrogens is 378 g/mol. The highest BCUT2D eigenvalue weighted by Crippen LogP contribution is 2.28. The van der Waals surface area contributed by atoms with Gasteiger partial charge in [0.25, 0.3) is 0 Å². The minimum atomic E-state index is -3.58. The number of para-hydroxylation sites is 1. The summed E-state index contributed by atoms with van der Waals surface area (Å²) < 4.78 is 32.4. The normalized spacial score (nSPS) is 11.6. The van der Waals surface area contributed by atoms with Crippen molar-refractivity contribution in [3.05, 3.63) is 78.7 Å². The lowest BCUT2D eigenvalue weighted by Gasteiger charge is -2.04. The molecule has 0 saturated heterocycles. The lowest BCUT2D eigenvalue weighted by molar-refractivity contribution is -0.116. The van der Waals surface area contributed by atoms with Gasteiger partial charge in [-0.15, -0.1) is 0 Å². The number of aromatic nitrogens is 2. The van der Waals surface area contributed by atoms with Crippen LogP contribution in [0.5, 0.6) is 0 Å². The Kier molecular flexibility index (Phi) is 4.70. The second-order valence-electron chi connectivity index (χ2n) is 6.32. The molecule has 7 nitrogen and oxygen atoms in total. The van der Waals surface area contributed by atoms with Crippen LogP contribution in [0.15, 0.2) is 82.5 Å². The number of carbonyl (C=O) groups excluding carboxylic acids is 1. The van der Waals surface area contributed by atoms with Crippen LogP contribution in [-0.4, -0.2) is 24.0 Å². The van der Waals surface area contributed by atoms with E-state index in [1.54, 1.807) is 34.9 Å². The third kappa shape index (κ3) is 3.67. The Hall–Kier alpha value is -3.39. The van der Waals surface area contributed by atoms with Gasteiger partial charge in [0.05, 0.1) is 10.6 Å². The number of nitrogens with one attached hydrogen (secondary N) is 1. The van der Waals surface area contributed by atoms with Crippen molar-refractivity contribution in [1.29, 1.82) is 0 Å². The highest BCUT2D eigenvalue weighted by atomic mass is 32.2. The fraction of sp³-hybridized carbons (Fsp3) is 0.100. The van der Waals surface area contributed by atoms with Crippen LogP contribution in [0.4, 0.5) is 5.82 Å². The Labute approximate surface area is 161 Å². The number of anilines is 1. The molecule has 28 heavy (non-hydrogen) atoms. The average molecular weight is 395 g/mol. The van der Waals surface area contributed by atoms with Crippen molar-refractivity contribution in [2.75, 3.05) is 5.32 Å². The molecule has 4 aromatic rings. The van der Waals surface area contributed by atoms with Crippen molar-refractivity contribution in [3.8, 4) is 0 Å². The fourth-order valence-electron chi connectivity index (χ4n) is 3.08. The van der Waals surface area contributed by atoms with Crippen LogP contribution in [-0.2, 0) is 26.9 Å². The molecule has 0 atom stereocenters. The van der Waals surface area contributed by atoms with Crippen LogP contribution < -0.4 is 5.32 Å². The standard InChI is InChI=1S/C20H17N3O4S/c24-20(21-19-10-11-27-22-19)13-23-12-18(16-8-4-5-9-17(16)23)28(25,26)14-15-6-2-1-3-7-15/h1-12H,13-14H2,(H,21,22,24). The van der Waals surface area contributed by atoms with E-state index in [2.05, 4.69) is 10.5 Å². The molecule has 0 aliphatic heterocycles. The molecule has 142 valence electrons. The van der Waals surface area contributed by atoms with Crippen molar-refractivity contribution in [1.82, 2.24) is 9.72 Å². The van der Waals surface area contributed by atoms with Gasteiger partial charge in [-0.2, -0.15) is 0 Å². The van der Waals surface area contributed by atoms with Gasteiger partial charge < -0.3 is 14.4 Å². The van der Waals surface area contributed by atoms with Crippen LogP contribution in [0.3, 0.4) is 0 Å². The Morgan fingerprint density at radius 2 is 1.79 bits per heavy atom. The van der Waals surface area contributed by atoms with Crippen LogP contribution in [0.25, 0.3) is 10.9 Å². The molecule has 2 heterocycles. The molecule has 0 saturated carbocycles. The van der Waals surface area contributed by atoms with E-state index in [0.717, 1.165) is 0 Å². The fourth-order valence-corrected chi connectivity index (χ4v) is 4.66. The number of amides is 1. The van der Waals surface area contributed by atoms with Gasteiger partial charge in [-0.25, -0.2) is 8.42 Å². The van der Waals surface area contributed by atoms with E-state index in [4.69, 9.17) is 4.52 Å². The first-order chi connectivity index (χ1) is 13.5. The number of carbonyl (C=O) groups is 1. The highest BCUT2D eigenvalue weighted by molar-refractivity contribution is 7.90. The first-order valence-corrected chi connectivity index (χ1v) is 10.2. The van der Waals surface area contributed by atoms with Crippen molar-refractivity contribution < 1.29 is 17.7 Å². The summed E-state index contributed by atoms with van der Waals surface area (Å²) >= 11 is 0. The maximum absolute atomic E-state index is 13.0. The summed E-state index contributed by atoms with van der Waals surface area (Å²) in [6.45, 7) is -0.0474. The topological polar surface area (TPSA) is 94.2 Å². The molecule has 0 radical (unpaired) electrons. The lowest BCUT2D eigenvalue weighted by atomic mass is 10.2.